The first-order chi connectivity index (χ1) is 12.6. The van der Waals surface area contributed by atoms with Crippen molar-refractivity contribution >= 4 is 23.0 Å². The molecule has 1 amide bonds. The van der Waals surface area contributed by atoms with Crippen LogP contribution in [0.1, 0.15) is 53.7 Å². The molecule has 1 saturated carbocycles. The van der Waals surface area contributed by atoms with Crippen LogP contribution >= 0.6 is 0 Å². The summed E-state index contributed by atoms with van der Waals surface area (Å²) < 4.78 is 6.62. The van der Waals surface area contributed by atoms with Crippen LogP contribution in [0.15, 0.2) is 18.2 Å². The number of fused-ring (bicyclic) bond motifs is 4. The molecule has 1 aromatic heterocycles. The first-order valence-corrected chi connectivity index (χ1v) is 9.36. The second-order valence-electron chi connectivity index (χ2n) is 7.76. The number of aromatic nitrogens is 2. The lowest BCUT2D eigenvalue weighted by Crippen LogP contribution is -2.48. The van der Waals surface area contributed by atoms with Crippen LogP contribution in [0.5, 0.6) is 0 Å². The highest BCUT2D eigenvalue weighted by Gasteiger charge is 2.37. The van der Waals surface area contributed by atoms with Gasteiger partial charge in [0, 0.05) is 11.9 Å². The number of amides is 1. The maximum Gasteiger partial charge on any atom is 0.412 e. The summed E-state index contributed by atoms with van der Waals surface area (Å²) in [4.78, 5) is 25.9. The summed E-state index contributed by atoms with van der Waals surface area (Å²) in [6.45, 7) is 3.24. The molecular weight excluding hydrogens is 332 g/mol. The zero-order valence-electron chi connectivity index (χ0n) is 14.6. The number of carbonyl (C=O) groups is 2. The van der Waals surface area contributed by atoms with Gasteiger partial charge in [0.15, 0.2) is 5.69 Å². The number of hydrogen-bond acceptors (Lipinski definition) is 5. The van der Waals surface area contributed by atoms with Gasteiger partial charge in [-0.25, -0.2) is 9.59 Å². The first kappa shape index (κ1) is 15.8. The van der Waals surface area contributed by atoms with E-state index in [4.69, 9.17) is 5.73 Å². The molecule has 2 aromatic rings. The number of hydrogen-bond donors (Lipinski definition) is 1. The van der Waals surface area contributed by atoms with Crippen LogP contribution in [-0.4, -0.2) is 46.4 Å². The normalized spacial score (nSPS) is 27.6. The third-order valence-corrected chi connectivity index (χ3v) is 6.10. The molecule has 3 aliphatic heterocycles. The van der Waals surface area contributed by atoms with Crippen LogP contribution in [0.4, 0.5) is 4.79 Å². The van der Waals surface area contributed by atoms with Crippen LogP contribution in [0, 0.1) is 5.92 Å². The summed E-state index contributed by atoms with van der Waals surface area (Å²) in [5, 5.41) is 5.37. The van der Waals surface area contributed by atoms with E-state index < -0.39 is 12.1 Å². The Morgan fingerprint density at radius 3 is 2.54 bits per heavy atom. The molecule has 136 valence electrons. The highest BCUT2D eigenvalue weighted by atomic mass is 16.6. The molecule has 26 heavy (non-hydrogen) atoms. The molecule has 0 radical (unpaired) electrons. The lowest BCUT2D eigenvalue weighted by atomic mass is 9.84. The number of primary amides is 1. The van der Waals surface area contributed by atoms with Gasteiger partial charge in [0.1, 0.15) is 0 Å². The maximum absolute atomic E-state index is 12.4. The van der Waals surface area contributed by atoms with E-state index in [2.05, 4.69) is 26.9 Å². The van der Waals surface area contributed by atoms with Gasteiger partial charge >= 0.3 is 12.1 Å². The van der Waals surface area contributed by atoms with Crippen molar-refractivity contribution in [2.75, 3.05) is 19.6 Å². The maximum atomic E-state index is 12.4. The Kier molecular flexibility index (Phi) is 3.53. The Bertz CT molecular complexity index is 894. The van der Waals surface area contributed by atoms with Crippen LogP contribution in [0.25, 0.3) is 10.9 Å². The fourth-order valence-corrected chi connectivity index (χ4v) is 4.58. The topological polar surface area (TPSA) is 90.5 Å². The number of nitrogens with two attached hydrogens (primary N) is 1. The van der Waals surface area contributed by atoms with Crippen LogP contribution in [0.3, 0.4) is 0 Å². The molecule has 7 nitrogen and oxygen atoms in total. The minimum atomic E-state index is -1.10. The van der Waals surface area contributed by atoms with E-state index in [1.54, 1.807) is 0 Å². The van der Waals surface area contributed by atoms with Gasteiger partial charge in [0.05, 0.1) is 11.6 Å². The molecule has 3 saturated heterocycles. The Morgan fingerprint density at radius 2 is 1.92 bits per heavy atom. The zero-order chi connectivity index (χ0) is 17.8. The van der Waals surface area contributed by atoms with Crippen LogP contribution < -0.4 is 5.73 Å². The van der Waals surface area contributed by atoms with Crippen molar-refractivity contribution in [3.63, 3.8) is 0 Å². The number of piperidine rings is 3. The molecule has 1 atom stereocenters. The molecule has 2 bridgehead atoms. The first-order valence-electron chi connectivity index (χ1n) is 9.36. The number of esters is 1. The van der Waals surface area contributed by atoms with Gasteiger partial charge in [0.25, 0.3) is 0 Å². The second-order valence-corrected chi connectivity index (χ2v) is 7.76. The summed E-state index contributed by atoms with van der Waals surface area (Å²) in [6, 6.07) is 6.49. The van der Waals surface area contributed by atoms with Crippen molar-refractivity contribution < 1.29 is 14.3 Å². The number of benzene rings is 1. The molecule has 4 aliphatic rings. The largest absolute Gasteiger partial charge is 0.412 e. The Labute approximate surface area is 151 Å². The van der Waals surface area contributed by atoms with Crippen molar-refractivity contribution in [3.05, 3.63) is 29.5 Å². The molecule has 2 N–H and O–H groups in total. The molecule has 0 spiro atoms. The molecule has 1 aromatic carbocycles. The van der Waals surface area contributed by atoms with Gasteiger partial charge in [-0.15, -0.1) is 0 Å². The monoisotopic (exact) mass is 354 g/mol. The molecule has 4 heterocycles. The highest BCUT2D eigenvalue weighted by molar-refractivity contribution is 6.05. The third kappa shape index (κ3) is 2.58. The summed E-state index contributed by atoms with van der Waals surface area (Å²) >= 11 is 0. The molecule has 1 aliphatic carbocycles. The molecular formula is C19H22N4O3. The predicted octanol–water partition coefficient (Wildman–Crippen LogP) is 2.42. The Morgan fingerprint density at radius 1 is 1.15 bits per heavy atom. The van der Waals surface area contributed by atoms with Crippen molar-refractivity contribution in [1.82, 2.24) is 14.7 Å². The van der Waals surface area contributed by atoms with Gasteiger partial charge in [-0.05, 0) is 68.3 Å². The molecule has 4 fully saturated rings. The van der Waals surface area contributed by atoms with Gasteiger partial charge in [0.2, 0.25) is 0 Å². The fraction of sp³-hybridized carbons (Fsp3) is 0.526. The minimum absolute atomic E-state index is 0.192. The standard InChI is InChI=1S/C19H22N4O3/c20-19(25)26-18(24)17-14-9-13(11-1-2-11)3-4-15(14)23(21-17)16-10-22-7-5-12(16)6-8-22/h3-4,9,11-12,16H,1-2,5-8,10H2,(H2,20,25). The van der Waals surface area contributed by atoms with E-state index in [1.807, 2.05) is 10.7 Å². The van der Waals surface area contributed by atoms with Gasteiger partial charge in [-0.2, -0.15) is 5.10 Å². The fourth-order valence-electron chi connectivity index (χ4n) is 4.58. The van der Waals surface area contributed by atoms with Gasteiger partial charge in [-0.3, -0.25) is 4.68 Å². The van der Waals surface area contributed by atoms with E-state index in [0.717, 1.165) is 43.4 Å². The van der Waals surface area contributed by atoms with Crippen LogP contribution in [-0.2, 0) is 4.74 Å². The molecule has 6 rings (SSSR count). The SMILES string of the molecule is NC(=O)OC(=O)c1nn(C2CN3CCC2CC3)c2ccc(C3CC3)cc12. The minimum Gasteiger partial charge on any atom is -0.371 e. The summed E-state index contributed by atoms with van der Waals surface area (Å²) in [6.07, 6.45) is 3.58. The van der Waals surface area contributed by atoms with E-state index >= 15 is 0 Å². The summed E-state index contributed by atoms with van der Waals surface area (Å²) in [5.41, 5.74) is 7.39. The second kappa shape index (κ2) is 5.81. The quantitative estimate of drug-likeness (QED) is 0.675. The summed E-state index contributed by atoms with van der Waals surface area (Å²) in [7, 11) is 0. The lowest BCUT2D eigenvalue weighted by Gasteiger charge is -2.44. The van der Waals surface area contributed by atoms with Gasteiger partial charge in [-0.1, -0.05) is 6.07 Å². The van der Waals surface area contributed by atoms with E-state index in [-0.39, 0.29) is 11.7 Å². The third-order valence-electron chi connectivity index (χ3n) is 6.10. The van der Waals surface area contributed by atoms with Gasteiger partial charge < -0.3 is 15.4 Å². The van der Waals surface area contributed by atoms with Crippen molar-refractivity contribution in [2.45, 2.75) is 37.6 Å². The highest BCUT2D eigenvalue weighted by Crippen LogP contribution is 2.42. The van der Waals surface area contributed by atoms with Crippen molar-refractivity contribution in [1.29, 1.82) is 0 Å². The van der Waals surface area contributed by atoms with Crippen molar-refractivity contribution in [3.8, 4) is 0 Å². The van der Waals surface area contributed by atoms with E-state index in [1.165, 1.54) is 18.4 Å². The van der Waals surface area contributed by atoms with E-state index in [0.29, 0.717) is 11.8 Å². The average Bonchev–Trinajstić information content (AvgIpc) is 3.42. The smallest absolute Gasteiger partial charge is 0.371 e. The lowest BCUT2D eigenvalue weighted by molar-refractivity contribution is 0.0518. The van der Waals surface area contributed by atoms with Crippen molar-refractivity contribution in [2.24, 2.45) is 11.7 Å². The number of nitrogens with zero attached hydrogens (tertiary/aromatic N) is 3. The number of rotatable bonds is 3. The number of carbonyl (C=O) groups excluding carboxylic acids is 2. The molecule has 7 heteroatoms. The molecule has 1 unspecified atom stereocenters. The van der Waals surface area contributed by atoms with E-state index in [9.17, 15) is 9.59 Å². The summed E-state index contributed by atoms with van der Waals surface area (Å²) in [5.74, 6) is 0.376. The Hall–Kier alpha value is -2.41. The Balaban J connectivity index is 1.61. The zero-order valence-corrected chi connectivity index (χ0v) is 14.6. The van der Waals surface area contributed by atoms with Crippen LogP contribution in [0.2, 0.25) is 0 Å². The predicted molar refractivity (Wildman–Crippen MR) is 94.9 cm³/mol. The number of ether oxygens (including phenoxy) is 1. The average molecular weight is 354 g/mol.